The van der Waals surface area contributed by atoms with Crippen LogP contribution in [0.2, 0.25) is 0 Å². The van der Waals surface area contributed by atoms with Gasteiger partial charge in [0.25, 0.3) is 5.91 Å². The lowest BCUT2D eigenvalue weighted by Crippen LogP contribution is -2.15. The molecule has 0 unspecified atom stereocenters. The molecule has 1 aliphatic carbocycles. The highest BCUT2D eigenvalue weighted by atomic mass is 16.2. The summed E-state index contributed by atoms with van der Waals surface area (Å²) < 4.78 is 0. The quantitative estimate of drug-likeness (QED) is 0.807. The first-order valence-corrected chi connectivity index (χ1v) is 7.40. The molecule has 0 atom stereocenters. The minimum atomic E-state index is -0.262. The Morgan fingerprint density at radius 1 is 1.33 bits per heavy atom. The van der Waals surface area contributed by atoms with E-state index in [0.717, 1.165) is 49.4 Å². The molecule has 1 aromatic carbocycles. The Kier molecular flexibility index (Phi) is 2.87. The molecule has 0 radical (unpaired) electrons. The van der Waals surface area contributed by atoms with Crippen LogP contribution in [0.3, 0.4) is 0 Å². The Hall–Kier alpha value is -2.37. The maximum atomic E-state index is 12.2. The van der Waals surface area contributed by atoms with E-state index in [1.165, 1.54) is 5.56 Å². The van der Waals surface area contributed by atoms with Gasteiger partial charge in [0, 0.05) is 23.8 Å². The first-order chi connectivity index (χ1) is 10.3. The summed E-state index contributed by atoms with van der Waals surface area (Å²) in [6.07, 6.45) is 4.43. The molecule has 2 aliphatic rings. The molecule has 1 aliphatic heterocycles. The second-order valence-electron chi connectivity index (χ2n) is 5.67. The van der Waals surface area contributed by atoms with Gasteiger partial charge in [-0.3, -0.25) is 9.89 Å². The summed E-state index contributed by atoms with van der Waals surface area (Å²) in [5, 5.41) is 13.1. The molecule has 0 spiro atoms. The summed E-state index contributed by atoms with van der Waals surface area (Å²) in [5.74, 6) is 1.25. The van der Waals surface area contributed by atoms with Gasteiger partial charge >= 0.3 is 0 Å². The highest BCUT2D eigenvalue weighted by Crippen LogP contribution is 2.37. The van der Waals surface area contributed by atoms with Crippen molar-refractivity contribution in [3.63, 3.8) is 0 Å². The van der Waals surface area contributed by atoms with Gasteiger partial charge in [-0.05, 0) is 49.4 Å². The fourth-order valence-corrected chi connectivity index (χ4v) is 2.65. The van der Waals surface area contributed by atoms with E-state index in [0.29, 0.717) is 5.92 Å². The number of H-pyrrole nitrogens is 1. The number of nitrogens with one attached hydrogen (secondary N) is 3. The number of carbonyl (C=O) groups excluding carboxylic acids is 1. The molecule has 6 nitrogen and oxygen atoms in total. The number of hydrogen-bond donors (Lipinski definition) is 3. The number of aryl methyl sites for hydroxylation is 1. The molecule has 1 saturated carbocycles. The van der Waals surface area contributed by atoms with E-state index in [-0.39, 0.29) is 11.7 Å². The zero-order chi connectivity index (χ0) is 14.2. The fraction of sp³-hybridized carbons (Fsp3) is 0.400. The van der Waals surface area contributed by atoms with Gasteiger partial charge in [-0.25, -0.2) is 4.98 Å². The molecule has 1 aromatic heterocycles. The third-order valence-corrected chi connectivity index (χ3v) is 3.97. The maximum absolute atomic E-state index is 12.2. The standard InChI is InChI=1S/C15H17N5O/c21-15(14-18-13(19-20-14)9-3-4-9)17-11-5-6-12-10(8-11)2-1-7-16-12/h5-6,8-9,16H,1-4,7H2,(H,17,21)(H,18,19,20). The number of aromatic nitrogens is 3. The van der Waals surface area contributed by atoms with Gasteiger partial charge in [0.15, 0.2) is 0 Å². The lowest BCUT2D eigenvalue weighted by molar-refractivity contribution is 0.101. The summed E-state index contributed by atoms with van der Waals surface area (Å²) in [5.41, 5.74) is 3.20. The van der Waals surface area contributed by atoms with Gasteiger partial charge < -0.3 is 10.6 Å². The van der Waals surface area contributed by atoms with Crippen LogP contribution in [0.25, 0.3) is 0 Å². The second kappa shape index (κ2) is 4.87. The van der Waals surface area contributed by atoms with Crippen LogP contribution in [-0.2, 0) is 6.42 Å². The molecule has 2 aromatic rings. The smallest absolute Gasteiger partial charge is 0.295 e. The number of fused-ring (bicyclic) bond motifs is 1. The highest BCUT2D eigenvalue weighted by Gasteiger charge is 2.28. The Balaban J connectivity index is 1.50. The Morgan fingerprint density at radius 2 is 2.24 bits per heavy atom. The number of aromatic amines is 1. The first kappa shape index (κ1) is 12.4. The van der Waals surface area contributed by atoms with Crippen molar-refractivity contribution in [3.05, 3.63) is 35.4 Å². The van der Waals surface area contributed by atoms with Gasteiger partial charge in [-0.15, -0.1) is 5.10 Å². The van der Waals surface area contributed by atoms with E-state index >= 15 is 0 Å². The Bertz CT molecular complexity index is 689. The molecule has 21 heavy (non-hydrogen) atoms. The average Bonchev–Trinajstić information content (AvgIpc) is 3.24. The molecule has 3 N–H and O–H groups in total. The number of benzene rings is 1. The largest absolute Gasteiger partial charge is 0.385 e. The van der Waals surface area contributed by atoms with E-state index in [1.54, 1.807) is 0 Å². The van der Waals surface area contributed by atoms with Crippen molar-refractivity contribution in [2.24, 2.45) is 0 Å². The monoisotopic (exact) mass is 283 g/mol. The van der Waals surface area contributed by atoms with Crippen molar-refractivity contribution >= 4 is 17.3 Å². The lowest BCUT2D eigenvalue weighted by Gasteiger charge is -2.18. The highest BCUT2D eigenvalue weighted by molar-refractivity contribution is 6.01. The van der Waals surface area contributed by atoms with Gasteiger partial charge in [-0.1, -0.05) is 0 Å². The Labute approximate surface area is 122 Å². The molecule has 4 rings (SSSR count). The summed E-state index contributed by atoms with van der Waals surface area (Å²) >= 11 is 0. The molecule has 0 saturated heterocycles. The minimum Gasteiger partial charge on any atom is -0.385 e. The second-order valence-corrected chi connectivity index (χ2v) is 5.67. The molecule has 0 bridgehead atoms. The summed E-state index contributed by atoms with van der Waals surface area (Å²) in [6, 6.07) is 5.94. The third kappa shape index (κ3) is 2.49. The molecule has 6 heteroatoms. The average molecular weight is 283 g/mol. The van der Waals surface area contributed by atoms with Crippen LogP contribution >= 0.6 is 0 Å². The number of amides is 1. The first-order valence-electron chi connectivity index (χ1n) is 7.40. The fourth-order valence-electron chi connectivity index (χ4n) is 2.65. The van der Waals surface area contributed by atoms with Crippen LogP contribution in [0.5, 0.6) is 0 Å². The van der Waals surface area contributed by atoms with Crippen LogP contribution in [0.1, 0.15) is 47.2 Å². The predicted molar refractivity (Wildman–Crippen MR) is 79.6 cm³/mol. The molecule has 1 fully saturated rings. The normalized spacial score (nSPS) is 17.0. The molecule has 2 heterocycles. The van der Waals surface area contributed by atoms with Crippen molar-refractivity contribution in [2.45, 2.75) is 31.6 Å². The van der Waals surface area contributed by atoms with Crippen LogP contribution in [0.4, 0.5) is 11.4 Å². The van der Waals surface area contributed by atoms with Crippen LogP contribution in [0, 0.1) is 0 Å². The van der Waals surface area contributed by atoms with Crippen molar-refractivity contribution in [1.82, 2.24) is 15.2 Å². The van der Waals surface area contributed by atoms with E-state index in [2.05, 4.69) is 25.8 Å². The number of anilines is 2. The van der Waals surface area contributed by atoms with E-state index in [4.69, 9.17) is 0 Å². The summed E-state index contributed by atoms with van der Waals surface area (Å²) in [6.45, 7) is 1.01. The van der Waals surface area contributed by atoms with Crippen molar-refractivity contribution in [3.8, 4) is 0 Å². The zero-order valence-corrected chi connectivity index (χ0v) is 11.6. The maximum Gasteiger partial charge on any atom is 0.295 e. The van der Waals surface area contributed by atoms with E-state index in [1.807, 2.05) is 18.2 Å². The topological polar surface area (TPSA) is 82.7 Å². The van der Waals surface area contributed by atoms with Crippen LogP contribution in [0.15, 0.2) is 18.2 Å². The zero-order valence-electron chi connectivity index (χ0n) is 11.6. The molecule has 108 valence electrons. The third-order valence-electron chi connectivity index (χ3n) is 3.97. The Morgan fingerprint density at radius 3 is 3.10 bits per heavy atom. The predicted octanol–water partition coefficient (Wildman–Crippen LogP) is 2.29. The van der Waals surface area contributed by atoms with Crippen LogP contribution < -0.4 is 10.6 Å². The van der Waals surface area contributed by atoms with Crippen molar-refractivity contribution in [2.75, 3.05) is 17.2 Å². The van der Waals surface area contributed by atoms with Gasteiger partial charge in [0.1, 0.15) is 5.82 Å². The van der Waals surface area contributed by atoms with Crippen LogP contribution in [-0.4, -0.2) is 27.6 Å². The van der Waals surface area contributed by atoms with E-state index < -0.39 is 0 Å². The molecular formula is C15H17N5O. The number of carbonyl (C=O) groups is 1. The van der Waals surface area contributed by atoms with Crippen molar-refractivity contribution < 1.29 is 4.79 Å². The lowest BCUT2D eigenvalue weighted by atomic mass is 10.0. The van der Waals surface area contributed by atoms with Crippen molar-refractivity contribution in [1.29, 1.82) is 0 Å². The van der Waals surface area contributed by atoms with Gasteiger partial charge in [-0.2, -0.15) is 0 Å². The molecule has 1 amide bonds. The number of rotatable bonds is 3. The number of hydrogen-bond acceptors (Lipinski definition) is 4. The summed E-state index contributed by atoms with van der Waals surface area (Å²) in [7, 11) is 0. The molecular weight excluding hydrogens is 266 g/mol. The van der Waals surface area contributed by atoms with E-state index in [9.17, 15) is 4.79 Å². The SMILES string of the molecule is O=C(Nc1ccc2c(c1)CCCN2)c1n[nH]c(C2CC2)n1. The van der Waals surface area contributed by atoms with Gasteiger partial charge in [0.05, 0.1) is 0 Å². The minimum absolute atomic E-state index is 0.216. The summed E-state index contributed by atoms with van der Waals surface area (Å²) in [4.78, 5) is 16.4. The number of nitrogens with zero attached hydrogens (tertiary/aromatic N) is 2. The van der Waals surface area contributed by atoms with Gasteiger partial charge in [0.2, 0.25) is 5.82 Å².